The largest absolute Gasteiger partial charge is 0.497 e. The third-order valence-corrected chi connectivity index (χ3v) is 6.47. The second kappa shape index (κ2) is 9.56. The standard InChI is InChI=1S/C22H24N4O6S/c1-30-18-5-2-16(3-6-18)8-10-25-19(15-26(22(25)27)24-33(28,29)13-9-23)17-4-7-20-21(14-17)32-12-11-31-20/h2-7,14,19,24H,8,10-13,15H2,1H3. The molecule has 10 nitrogen and oxygen atoms in total. The number of rotatable bonds is 8. The van der Waals surface area contributed by atoms with E-state index in [-0.39, 0.29) is 6.54 Å². The van der Waals surface area contributed by atoms with Crippen LogP contribution in [0.2, 0.25) is 0 Å². The van der Waals surface area contributed by atoms with Gasteiger partial charge in [0, 0.05) is 6.54 Å². The fraction of sp³-hybridized carbons (Fsp3) is 0.364. The quantitative estimate of drug-likeness (QED) is 0.622. The SMILES string of the molecule is COc1ccc(CCN2C(=O)N(NS(=O)(=O)CC#N)CC2c2ccc3c(c2)OCCO3)cc1. The van der Waals surface area contributed by atoms with Crippen molar-refractivity contribution in [1.29, 1.82) is 5.26 Å². The highest BCUT2D eigenvalue weighted by molar-refractivity contribution is 7.89. The molecule has 1 fully saturated rings. The monoisotopic (exact) mass is 472 g/mol. The van der Waals surface area contributed by atoms with Crippen LogP contribution in [0.25, 0.3) is 0 Å². The fourth-order valence-electron chi connectivity index (χ4n) is 3.85. The van der Waals surface area contributed by atoms with E-state index in [2.05, 4.69) is 4.83 Å². The van der Waals surface area contributed by atoms with Gasteiger partial charge >= 0.3 is 6.03 Å². The topological polar surface area (TPSA) is 121 Å². The minimum absolute atomic E-state index is 0.0890. The number of nitrogens with zero attached hydrogens (tertiary/aromatic N) is 3. The van der Waals surface area contributed by atoms with E-state index < -0.39 is 27.8 Å². The molecule has 0 spiro atoms. The molecule has 2 aliphatic rings. The summed E-state index contributed by atoms with van der Waals surface area (Å²) in [4.78, 5) is 17.0. The van der Waals surface area contributed by atoms with E-state index in [1.54, 1.807) is 24.1 Å². The number of nitriles is 1. The maximum atomic E-state index is 13.1. The van der Waals surface area contributed by atoms with Gasteiger partial charge in [-0.2, -0.15) is 5.26 Å². The van der Waals surface area contributed by atoms with Gasteiger partial charge in [0.2, 0.25) is 10.0 Å². The molecule has 0 saturated carbocycles. The Kier molecular flexibility index (Phi) is 6.57. The molecule has 2 heterocycles. The summed E-state index contributed by atoms with van der Waals surface area (Å²) in [5, 5.41) is 9.81. The van der Waals surface area contributed by atoms with Crippen molar-refractivity contribution in [2.45, 2.75) is 12.5 Å². The number of carbonyl (C=O) groups is 1. The Labute approximate surface area is 192 Å². The van der Waals surface area contributed by atoms with Gasteiger partial charge in [0.25, 0.3) is 0 Å². The van der Waals surface area contributed by atoms with E-state index in [1.807, 2.05) is 36.4 Å². The number of nitrogens with one attached hydrogen (secondary N) is 1. The van der Waals surface area contributed by atoms with Crippen molar-refractivity contribution >= 4 is 16.1 Å². The van der Waals surface area contributed by atoms with Gasteiger partial charge in [-0.1, -0.05) is 18.2 Å². The molecule has 2 aliphatic heterocycles. The van der Waals surface area contributed by atoms with Crippen molar-refractivity contribution in [3.63, 3.8) is 0 Å². The van der Waals surface area contributed by atoms with Crippen molar-refractivity contribution in [1.82, 2.24) is 14.7 Å². The van der Waals surface area contributed by atoms with Crippen LogP contribution in [0.5, 0.6) is 17.2 Å². The molecule has 1 N–H and O–H groups in total. The smallest absolute Gasteiger partial charge is 0.335 e. The van der Waals surface area contributed by atoms with Crippen molar-refractivity contribution in [3.05, 3.63) is 53.6 Å². The first-order chi connectivity index (χ1) is 15.9. The molecule has 0 radical (unpaired) electrons. The minimum Gasteiger partial charge on any atom is -0.497 e. The summed E-state index contributed by atoms with van der Waals surface area (Å²) in [5.74, 6) is 1.22. The number of methoxy groups -OCH3 is 1. The van der Waals surface area contributed by atoms with E-state index in [4.69, 9.17) is 19.5 Å². The average Bonchev–Trinajstić information content (AvgIpc) is 3.12. The summed E-state index contributed by atoms with van der Waals surface area (Å²) in [6.07, 6.45) is 0.565. The highest BCUT2D eigenvalue weighted by Crippen LogP contribution is 2.36. The lowest BCUT2D eigenvalue weighted by molar-refractivity contribution is 0.170. The normalized spacial score (nSPS) is 17.7. The number of benzene rings is 2. The Morgan fingerprint density at radius 3 is 2.58 bits per heavy atom. The van der Waals surface area contributed by atoms with Crippen molar-refractivity contribution < 1.29 is 27.4 Å². The molecular formula is C22H24N4O6S. The van der Waals surface area contributed by atoms with Gasteiger partial charge in [0.1, 0.15) is 19.0 Å². The zero-order chi connectivity index (χ0) is 23.4. The number of amides is 2. The van der Waals surface area contributed by atoms with E-state index in [0.29, 0.717) is 37.7 Å². The number of ether oxygens (including phenoxy) is 3. The summed E-state index contributed by atoms with van der Waals surface area (Å²) in [5.41, 5.74) is 1.80. The number of fused-ring (bicyclic) bond motifs is 1. The van der Waals surface area contributed by atoms with E-state index in [1.165, 1.54) is 0 Å². The molecule has 0 aromatic heterocycles. The molecule has 2 amide bonds. The van der Waals surface area contributed by atoms with Crippen LogP contribution in [-0.2, 0) is 16.4 Å². The van der Waals surface area contributed by atoms with Crippen molar-refractivity contribution in [3.8, 4) is 23.3 Å². The molecule has 174 valence electrons. The van der Waals surface area contributed by atoms with E-state index >= 15 is 0 Å². The van der Waals surface area contributed by atoms with Crippen LogP contribution < -0.4 is 19.0 Å². The van der Waals surface area contributed by atoms with Crippen LogP contribution in [0.15, 0.2) is 42.5 Å². The molecule has 1 saturated heterocycles. The zero-order valence-electron chi connectivity index (χ0n) is 18.1. The average molecular weight is 473 g/mol. The number of hydrogen-bond donors (Lipinski definition) is 1. The zero-order valence-corrected chi connectivity index (χ0v) is 18.9. The van der Waals surface area contributed by atoms with E-state index in [9.17, 15) is 13.2 Å². The lowest BCUT2D eigenvalue weighted by atomic mass is 10.0. The van der Waals surface area contributed by atoms with Crippen LogP contribution in [0, 0.1) is 11.3 Å². The molecule has 11 heteroatoms. The van der Waals surface area contributed by atoms with Crippen LogP contribution in [0.3, 0.4) is 0 Å². The third kappa shape index (κ3) is 5.13. The maximum absolute atomic E-state index is 13.1. The Balaban J connectivity index is 1.58. The first-order valence-corrected chi connectivity index (χ1v) is 12.0. The molecule has 0 bridgehead atoms. The summed E-state index contributed by atoms with van der Waals surface area (Å²) in [6.45, 7) is 1.35. The predicted molar refractivity (Wildman–Crippen MR) is 118 cm³/mol. The number of hydrogen-bond acceptors (Lipinski definition) is 7. The number of carbonyl (C=O) groups excluding carboxylic acids is 1. The molecule has 2 aromatic rings. The van der Waals surface area contributed by atoms with Gasteiger partial charge in [-0.3, -0.25) is 0 Å². The molecule has 33 heavy (non-hydrogen) atoms. The van der Waals surface area contributed by atoms with Crippen LogP contribution in [0.4, 0.5) is 4.79 Å². The van der Waals surface area contributed by atoms with E-state index in [0.717, 1.165) is 21.9 Å². The van der Waals surface area contributed by atoms with Crippen molar-refractivity contribution in [2.75, 3.05) is 39.2 Å². The van der Waals surface area contributed by atoms with Gasteiger partial charge in [-0.25, -0.2) is 18.2 Å². The molecule has 1 unspecified atom stereocenters. The first kappa shape index (κ1) is 22.7. The second-order valence-electron chi connectivity index (χ2n) is 7.61. The molecule has 0 aliphatic carbocycles. The predicted octanol–water partition coefficient (Wildman–Crippen LogP) is 1.85. The minimum atomic E-state index is -3.96. The highest BCUT2D eigenvalue weighted by atomic mass is 32.2. The lowest BCUT2D eigenvalue weighted by Crippen LogP contribution is -2.45. The summed E-state index contributed by atoms with van der Waals surface area (Å²) in [7, 11) is -2.36. The van der Waals surface area contributed by atoms with Crippen LogP contribution in [0.1, 0.15) is 17.2 Å². The summed E-state index contributed by atoms with van der Waals surface area (Å²) in [6, 6.07) is 13.7. The molecule has 1 atom stereocenters. The third-order valence-electron chi connectivity index (χ3n) is 5.46. The Bertz CT molecular complexity index is 1160. The van der Waals surface area contributed by atoms with Gasteiger partial charge in [0.15, 0.2) is 17.3 Å². The van der Waals surface area contributed by atoms with Gasteiger partial charge in [-0.15, -0.1) is 4.83 Å². The van der Waals surface area contributed by atoms with Gasteiger partial charge < -0.3 is 19.1 Å². The van der Waals surface area contributed by atoms with Crippen molar-refractivity contribution in [2.24, 2.45) is 0 Å². The van der Waals surface area contributed by atoms with Gasteiger partial charge in [0.05, 0.1) is 25.8 Å². The molecular weight excluding hydrogens is 448 g/mol. The fourth-order valence-corrected chi connectivity index (χ4v) is 4.57. The summed E-state index contributed by atoms with van der Waals surface area (Å²) >= 11 is 0. The number of hydrazine groups is 1. The van der Waals surface area contributed by atoms with Crippen LogP contribution in [-0.4, -0.2) is 63.5 Å². The van der Waals surface area contributed by atoms with Crippen LogP contribution >= 0.6 is 0 Å². The Morgan fingerprint density at radius 2 is 1.88 bits per heavy atom. The number of urea groups is 1. The van der Waals surface area contributed by atoms with Gasteiger partial charge in [-0.05, 0) is 41.8 Å². The lowest BCUT2D eigenvalue weighted by Gasteiger charge is -2.25. The maximum Gasteiger partial charge on any atom is 0.335 e. The second-order valence-corrected chi connectivity index (χ2v) is 9.31. The first-order valence-electron chi connectivity index (χ1n) is 10.4. The molecule has 4 rings (SSSR count). The summed E-state index contributed by atoms with van der Waals surface area (Å²) < 4.78 is 40.7. The Hall–Kier alpha value is -3.49. The number of sulfonamides is 1. The molecule has 2 aromatic carbocycles. The highest BCUT2D eigenvalue weighted by Gasteiger charge is 2.40. The Morgan fingerprint density at radius 1 is 1.15 bits per heavy atom.